The van der Waals surface area contributed by atoms with E-state index in [-0.39, 0.29) is 24.4 Å². The van der Waals surface area contributed by atoms with E-state index in [1.165, 1.54) is 2.81 Å². The zero-order valence-electron chi connectivity index (χ0n) is 27.0. The van der Waals surface area contributed by atoms with E-state index in [2.05, 4.69) is 41.7 Å². The Morgan fingerprint density at radius 3 is 2.21 bits per heavy atom. The van der Waals surface area contributed by atoms with Crippen LogP contribution in [0, 0.1) is 0 Å². The summed E-state index contributed by atoms with van der Waals surface area (Å²) in [6.45, 7) is 2.68. The number of benzene rings is 4. The number of piperazine rings is 1. The molecule has 4 aromatic carbocycles. The van der Waals surface area contributed by atoms with Crippen LogP contribution in [0.5, 0.6) is 0 Å². The number of hydrogen-bond acceptors (Lipinski definition) is 5. The number of phosphoric acid groups is 1. The molecule has 4 N–H and O–H groups in total. The summed E-state index contributed by atoms with van der Waals surface area (Å²) < 4.78 is 10.1. The van der Waals surface area contributed by atoms with Crippen molar-refractivity contribution in [1.82, 2.24) is 25.1 Å². The Hall–Kier alpha value is -3.58. The number of hydrazine groups is 1. The smallest absolute Gasteiger partial charge is 0.303 e. The van der Waals surface area contributed by atoms with Crippen LogP contribution < -0.4 is 8.13 Å². The quantitative estimate of drug-likeness (QED) is 0.179. The molecule has 2 aliphatic rings. The van der Waals surface area contributed by atoms with E-state index in [0.717, 1.165) is 55.4 Å². The van der Waals surface area contributed by atoms with Gasteiger partial charge in [-0.25, -0.2) is 4.57 Å². The molecule has 1 unspecified atom stereocenters. The van der Waals surface area contributed by atoms with Crippen molar-refractivity contribution in [1.29, 1.82) is 0 Å². The second kappa shape index (κ2) is 15.3. The van der Waals surface area contributed by atoms with E-state index in [4.69, 9.17) is 19.2 Å². The Morgan fingerprint density at radius 1 is 0.896 bits per heavy atom. The largest absolute Gasteiger partial charge is 0.466 e. The fourth-order valence-corrected chi connectivity index (χ4v) is 6.72. The summed E-state index contributed by atoms with van der Waals surface area (Å²) in [7, 11) is -2.88. The molecule has 4 aromatic rings. The molecule has 0 saturated carbocycles. The average Bonchev–Trinajstić information content (AvgIpc) is 3.04. The van der Waals surface area contributed by atoms with Crippen molar-refractivity contribution in [3.8, 4) is 0 Å². The Morgan fingerprint density at radius 2 is 1.52 bits per heavy atom. The molecule has 246 valence electrons. The van der Waals surface area contributed by atoms with Crippen LogP contribution in [-0.2, 0) is 33.7 Å². The van der Waals surface area contributed by atoms with Crippen LogP contribution in [0.15, 0.2) is 97.1 Å². The van der Waals surface area contributed by atoms with Gasteiger partial charge in [0.2, 0.25) is 0 Å². The summed E-state index contributed by atoms with van der Waals surface area (Å²) in [6.07, 6.45) is -0.289. The van der Waals surface area contributed by atoms with E-state index in [9.17, 15) is 14.4 Å². The number of fused-ring (bicyclic) bond motifs is 2. The summed E-state index contributed by atoms with van der Waals surface area (Å²) in [5.74, 6) is -0.261. The maximum absolute atomic E-state index is 14.4. The molecular weight excluding hydrogens is 644 g/mol. The van der Waals surface area contributed by atoms with Crippen LogP contribution in [0.2, 0.25) is 0 Å². The minimum atomic E-state index is -4.64. The first kappa shape index (κ1) is 35.7. The van der Waals surface area contributed by atoms with E-state index in [0.29, 0.717) is 19.5 Å². The monoisotopic (exact) mass is 681 g/mol. The van der Waals surface area contributed by atoms with Gasteiger partial charge in [-0.1, -0.05) is 54.6 Å². The molecule has 2 fully saturated rings. The minimum Gasteiger partial charge on any atom is -0.303 e. The zero-order chi connectivity index (χ0) is 34.6. The number of carbonyl (C=O) groups excluding carboxylic acids is 3. The van der Waals surface area contributed by atoms with Gasteiger partial charge in [-0.3, -0.25) is 0 Å². The van der Waals surface area contributed by atoms with Crippen LogP contribution >= 0.6 is 7.82 Å². The van der Waals surface area contributed by atoms with Crippen molar-refractivity contribution in [2.45, 2.75) is 44.7 Å². The minimum absolute atomic E-state index is 0.00851. The normalized spacial score (nSPS) is 19.9. The molecule has 0 bridgehead atoms. The van der Waals surface area contributed by atoms with Gasteiger partial charge in [0.15, 0.2) is 0 Å². The summed E-state index contributed by atoms with van der Waals surface area (Å²) >= 11 is 0.938. The Bertz CT molecular complexity index is 1810. The number of urea groups is 1. The molecule has 48 heavy (non-hydrogen) atoms. The number of carbonyl (C=O) groups is 3. The third-order valence-electron chi connectivity index (χ3n) is 8.65. The zero-order valence-corrected chi connectivity index (χ0v) is 29.9. The van der Waals surface area contributed by atoms with E-state index < -0.39 is 26.1 Å². The summed E-state index contributed by atoms with van der Waals surface area (Å²) in [6, 6.07) is 30.8. The summed E-state index contributed by atoms with van der Waals surface area (Å²) in [5.41, 5.74) is 3.00. The maximum Gasteiger partial charge on any atom is 0.466 e. The molecule has 14 heteroatoms. The Balaban J connectivity index is 0.000000840. The number of hydrogen-bond donors (Lipinski definition) is 4. The van der Waals surface area contributed by atoms with Crippen molar-refractivity contribution in [2.75, 3.05) is 13.6 Å². The molecule has 2 saturated heterocycles. The van der Waals surface area contributed by atoms with Crippen LogP contribution in [0.3, 0.4) is 0 Å². The van der Waals surface area contributed by atoms with Crippen LogP contribution in [0.1, 0.15) is 23.6 Å². The molecule has 3 atom stereocenters. The number of nitrogens with zero attached hydrogens (tertiary/aromatic N) is 4. The fraction of sp³-hybridized carbons (Fsp3) is 0.265. The van der Waals surface area contributed by atoms with Crippen LogP contribution in [-0.4, -0.2) is 112 Å². The van der Waals surface area contributed by atoms with Gasteiger partial charge in [-0.2, -0.15) is 0 Å². The molecule has 2 aliphatic heterocycles. The fourth-order valence-electron chi connectivity index (χ4n) is 6.39. The molecule has 6 rings (SSSR count). The standard InChI is InChI=1S/C34H34N5O3.Na.H3O4P/c1-24-32-38(31(40)23-36(2)39(32)34(42)35-21-26-14-7-4-8-15-26)30(20-25-12-5-3-6-13-25)33(41)37(24)22-28-18-11-17-27-16-9-10-19-29(27)28;;1-5(2,3)4/h4-19,24,30,32H,20-23H2,1-2H3,(H,35,42);;(H3,1,2,3,4)/t24-,30-,32?;;/m0../s1. The van der Waals surface area contributed by atoms with E-state index in [1.54, 1.807) is 22.0 Å². The van der Waals surface area contributed by atoms with Gasteiger partial charge >= 0.3 is 219 Å². The third-order valence-corrected chi connectivity index (χ3v) is 9.31. The molecule has 2 heterocycles. The van der Waals surface area contributed by atoms with E-state index >= 15 is 0 Å². The van der Waals surface area contributed by atoms with Crippen LogP contribution in [0.25, 0.3) is 10.8 Å². The predicted molar refractivity (Wildman–Crippen MR) is 181 cm³/mol. The van der Waals surface area contributed by atoms with Crippen molar-refractivity contribution in [2.24, 2.45) is 0 Å². The maximum atomic E-state index is 14.4. The van der Waals surface area contributed by atoms with Gasteiger partial charge in [0, 0.05) is 0 Å². The molecule has 12 nitrogen and oxygen atoms in total. The van der Waals surface area contributed by atoms with E-state index in [1.807, 2.05) is 72.5 Å². The number of likely N-dealkylation sites (N-methyl/N-ethyl adjacent to an activating group) is 1. The topological polar surface area (TPSA) is 154 Å². The number of amides is 4. The van der Waals surface area contributed by atoms with Gasteiger partial charge in [0.05, 0.1) is 0 Å². The average molecular weight is 682 g/mol. The van der Waals surface area contributed by atoms with Crippen molar-refractivity contribution < 1.29 is 33.6 Å². The summed E-state index contributed by atoms with van der Waals surface area (Å²) in [4.78, 5) is 67.1. The van der Waals surface area contributed by atoms with Gasteiger partial charge in [-0.05, 0) is 5.56 Å². The first-order valence-corrected chi connectivity index (χ1v) is 18.1. The molecular formula is C34H37N5NaO7P. The molecule has 4 amide bonds. The van der Waals surface area contributed by atoms with Gasteiger partial charge in [-0.15, -0.1) is 0 Å². The van der Waals surface area contributed by atoms with Crippen molar-refractivity contribution in [3.63, 3.8) is 0 Å². The molecule has 0 aliphatic carbocycles. The first-order chi connectivity index (χ1) is 22.8. The molecule has 0 radical (unpaired) electrons. The molecule has 0 spiro atoms. The third kappa shape index (κ3) is 8.52. The predicted octanol–water partition coefficient (Wildman–Crippen LogP) is 2.27. The SMILES string of the molecule is C[C@H]1C2N(C(=O)CN(C)N2C(=O)NCc2ccccc2)[C@@H](Cc2cc[c]([Na])cc2)C(=O)N1Cc1cccc2ccccc12.O=P(O)(O)O. The second-order valence-corrected chi connectivity index (χ2v) is 14.3. The Labute approximate surface area is 296 Å². The van der Waals surface area contributed by atoms with Crippen molar-refractivity contribution >= 4 is 67.2 Å². The van der Waals surface area contributed by atoms with Gasteiger partial charge in [0.1, 0.15) is 0 Å². The van der Waals surface area contributed by atoms with Crippen molar-refractivity contribution in [3.05, 3.63) is 114 Å². The van der Waals surface area contributed by atoms with Gasteiger partial charge in [0.25, 0.3) is 0 Å². The van der Waals surface area contributed by atoms with Crippen LogP contribution in [0.4, 0.5) is 4.79 Å². The number of nitrogens with one attached hydrogen (secondary N) is 1. The van der Waals surface area contributed by atoms with Gasteiger partial charge < -0.3 is 14.7 Å². The first-order valence-electron chi connectivity index (χ1n) is 15.6. The second-order valence-electron chi connectivity index (χ2n) is 12.1. The number of rotatable bonds is 6. The Kier molecular flexibility index (Phi) is 11.4. The molecule has 0 aromatic heterocycles. The summed E-state index contributed by atoms with van der Waals surface area (Å²) in [5, 5.41) is 8.55.